The van der Waals surface area contributed by atoms with Crippen LogP contribution in [-0.2, 0) is 16.0 Å². The molecule has 8 nitrogen and oxygen atoms in total. The highest BCUT2D eigenvalue weighted by Crippen LogP contribution is 2.32. The van der Waals surface area contributed by atoms with E-state index >= 15 is 0 Å². The van der Waals surface area contributed by atoms with Crippen LogP contribution in [0.5, 0.6) is 0 Å². The highest BCUT2D eigenvalue weighted by molar-refractivity contribution is 5.93. The van der Waals surface area contributed by atoms with E-state index in [2.05, 4.69) is 5.10 Å². The molecule has 2 fully saturated rings. The van der Waals surface area contributed by atoms with E-state index in [0.717, 1.165) is 5.69 Å². The Hall–Kier alpha value is -2.09. The van der Waals surface area contributed by atoms with Gasteiger partial charge in [-0.25, -0.2) is 4.79 Å². The van der Waals surface area contributed by atoms with Crippen molar-refractivity contribution in [3.63, 3.8) is 0 Å². The molecule has 3 rings (SSSR count). The van der Waals surface area contributed by atoms with Crippen LogP contribution in [0.15, 0.2) is 6.07 Å². The molecule has 0 unspecified atom stereocenters. The molecule has 24 heavy (non-hydrogen) atoms. The summed E-state index contributed by atoms with van der Waals surface area (Å²) in [6.45, 7) is 7.03. The first kappa shape index (κ1) is 16.8. The molecule has 1 atom stereocenters. The quantitative estimate of drug-likeness (QED) is 0.747. The van der Waals surface area contributed by atoms with Crippen molar-refractivity contribution in [1.29, 1.82) is 0 Å². The zero-order valence-electron chi connectivity index (χ0n) is 14.4. The summed E-state index contributed by atoms with van der Waals surface area (Å²) >= 11 is 0. The molecule has 1 aromatic heterocycles. The number of likely N-dealkylation sites (tertiary alicyclic amines) is 1. The predicted molar refractivity (Wildman–Crippen MR) is 85.8 cm³/mol. The van der Waals surface area contributed by atoms with Crippen LogP contribution in [0.2, 0.25) is 0 Å². The average Bonchev–Trinajstić information content (AvgIpc) is 3.18. The molecular weight excluding hydrogens is 312 g/mol. The summed E-state index contributed by atoms with van der Waals surface area (Å²) in [6, 6.07) is 1.80. The van der Waals surface area contributed by atoms with Gasteiger partial charge in [0.05, 0.1) is 31.9 Å². The largest absolute Gasteiger partial charge is 0.439 e. The molecule has 2 saturated heterocycles. The standard InChI is InChI=1S/C16H24N4O4/c1-4-23-8-7-20-13(9-12(2)17-20)14(21)19-6-5-16(11-19)10-18(3)15(22)24-16/h9H,4-8,10-11H2,1-3H3/t16-/m0/s1. The monoisotopic (exact) mass is 336 g/mol. The maximum Gasteiger partial charge on any atom is 0.410 e. The molecule has 1 spiro atoms. The third-order valence-electron chi connectivity index (χ3n) is 4.52. The number of aryl methyl sites for hydroxylation is 1. The second kappa shape index (κ2) is 6.43. The lowest BCUT2D eigenvalue weighted by atomic mass is 10.0. The van der Waals surface area contributed by atoms with Gasteiger partial charge in [-0.05, 0) is 19.9 Å². The molecule has 1 aromatic rings. The molecule has 0 radical (unpaired) electrons. The second-order valence-electron chi connectivity index (χ2n) is 6.47. The number of nitrogens with zero attached hydrogens (tertiary/aromatic N) is 4. The van der Waals surface area contributed by atoms with Gasteiger partial charge in [-0.3, -0.25) is 9.48 Å². The summed E-state index contributed by atoms with van der Waals surface area (Å²) in [5.74, 6) is -0.0745. The van der Waals surface area contributed by atoms with E-state index in [-0.39, 0.29) is 12.0 Å². The molecule has 0 aromatic carbocycles. The smallest absolute Gasteiger partial charge is 0.410 e. The zero-order valence-corrected chi connectivity index (χ0v) is 14.4. The van der Waals surface area contributed by atoms with Crippen LogP contribution >= 0.6 is 0 Å². The van der Waals surface area contributed by atoms with Gasteiger partial charge in [-0.15, -0.1) is 0 Å². The highest BCUT2D eigenvalue weighted by atomic mass is 16.6. The van der Waals surface area contributed by atoms with Gasteiger partial charge in [0.1, 0.15) is 5.69 Å². The molecular formula is C16H24N4O4. The Balaban J connectivity index is 1.70. The fraction of sp³-hybridized carbons (Fsp3) is 0.688. The fourth-order valence-corrected chi connectivity index (χ4v) is 3.37. The lowest BCUT2D eigenvalue weighted by Crippen LogP contribution is -2.39. The van der Waals surface area contributed by atoms with E-state index in [0.29, 0.717) is 51.5 Å². The maximum absolute atomic E-state index is 12.9. The van der Waals surface area contributed by atoms with Crippen molar-refractivity contribution in [2.75, 3.05) is 39.9 Å². The first-order chi connectivity index (χ1) is 11.4. The Morgan fingerprint density at radius 1 is 1.46 bits per heavy atom. The topological polar surface area (TPSA) is 76.9 Å². The van der Waals surface area contributed by atoms with Gasteiger partial charge in [0.2, 0.25) is 0 Å². The van der Waals surface area contributed by atoms with Crippen molar-refractivity contribution < 1.29 is 19.1 Å². The van der Waals surface area contributed by atoms with Gasteiger partial charge in [-0.1, -0.05) is 0 Å². The maximum atomic E-state index is 12.9. The lowest BCUT2D eigenvalue weighted by molar-refractivity contribution is 0.0545. The number of rotatable bonds is 5. The number of likely N-dealkylation sites (N-methyl/N-ethyl adjacent to an activating group) is 1. The summed E-state index contributed by atoms with van der Waals surface area (Å²) in [6.07, 6.45) is 0.350. The average molecular weight is 336 g/mol. The Kier molecular flexibility index (Phi) is 4.49. The van der Waals surface area contributed by atoms with Crippen molar-refractivity contribution in [2.45, 2.75) is 32.4 Å². The Morgan fingerprint density at radius 3 is 2.92 bits per heavy atom. The molecule has 8 heteroatoms. The Morgan fingerprint density at radius 2 is 2.25 bits per heavy atom. The molecule has 2 aliphatic heterocycles. The number of hydrogen-bond donors (Lipinski definition) is 0. The van der Waals surface area contributed by atoms with Gasteiger partial charge in [0, 0.05) is 26.6 Å². The van der Waals surface area contributed by atoms with Crippen molar-refractivity contribution >= 4 is 12.0 Å². The first-order valence-electron chi connectivity index (χ1n) is 8.30. The van der Waals surface area contributed by atoms with Gasteiger partial charge in [0.15, 0.2) is 5.60 Å². The molecule has 0 N–H and O–H groups in total. The Bertz CT molecular complexity index is 644. The van der Waals surface area contributed by atoms with Crippen molar-refractivity contribution in [2.24, 2.45) is 0 Å². The molecule has 0 aliphatic carbocycles. The van der Waals surface area contributed by atoms with Crippen LogP contribution < -0.4 is 0 Å². The van der Waals surface area contributed by atoms with Crippen LogP contribution in [0.3, 0.4) is 0 Å². The Labute approximate surface area is 141 Å². The summed E-state index contributed by atoms with van der Waals surface area (Å²) in [5, 5.41) is 4.38. The number of carbonyl (C=O) groups is 2. The summed E-state index contributed by atoms with van der Waals surface area (Å²) in [4.78, 5) is 27.9. The van der Waals surface area contributed by atoms with E-state index in [1.807, 2.05) is 13.8 Å². The fourth-order valence-electron chi connectivity index (χ4n) is 3.37. The van der Waals surface area contributed by atoms with Gasteiger partial charge in [0.25, 0.3) is 5.91 Å². The summed E-state index contributed by atoms with van der Waals surface area (Å²) < 4.78 is 12.6. The minimum atomic E-state index is -0.563. The first-order valence-corrected chi connectivity index (χ1v) is 8.30. The predicted octanol–water partition coefficient (Wildman–Crippen LogP) is 0.895. The zero-order chi connectivity index (χ0) is 17.3. The highest BCUT2D eigenvalue weighted by Gasteiger charge is 2.49. The summed E-state index contributed by atoms with van der Waals surface area (Å²) in [7, 11) is 1.72. The third kappa shape index (κ3) is 3.10. The number of carbonyl (C=O) groups excluding carboxylic acids is 2. The van der Waals surface area contributed by atoms with Crippen LogP contribution in [0.4, 0.5) is 4.79 Å². The molecule has 132 valence electrons. The second-order valence-corrected chi connectivity index (χ2v) is 6.47. The third-order valence-corrected chi connectivity index (χ3v) is 4.52. The van der Waals surface area contributed by atoms with Crippen LogP contribution in [0.1, 0.15) is 29.5 Å². The molecule has 2 amide bonds. The normalized spacial score (nSPS) is 23.4. The van der Waals surface area contributed by atoms with Gasteiger partial charge in [-0.2, -0.15) is 5.10 Å². The number of ether oxygens (including phenoxy) is 2. The van der Waals surface area contributed by atoms with Gasteiger partial charge >= 0.3 is 6.09 Å². The molecule has 0 saturated carbocycles. The van der Waals surface area contributed by atoms with E-state index in [4.69, 9.17) is 9.47 Å². The van der Waals surface area contributed by atoms with Crippen LogP contribution in [0.25, 0.3) is 0 Å². The van der Waals surface area contributed by atoms with Crippen LogP contribution in [0, 0.1) is 6.92 Å². The number of aromatic nitrogens is 2. The molecule has 2 aliphatic rings. The van der Waals surface area contributed by atoms with E-state index in [9.17, 15) is 9.59 Å². The minimum absolute atomic E-state index is 0.0745. The number of amides is 2. The lowest BCUT2D eigenvalue weighted by Gasteiger charge is -2.22. The van der Waals surface area contributed by atoms with E-state index in [1.54, 1.807) is 27.6 Å². The van der Waals surface area contributed by atoms with Gasteiger partial charge < -0.3 is 19.3 Å². The summed E-state index contributed by atoms with van der Waals surface area (Å²) in [5.41, 5.74) is 0.796. The van der Waals surface area contributed by atoms with E-state index in [1.165, 1.54) is 0 Å². The van der Waals surface area contributed by atoms with E-state index < -0.39 is 5.60 Å². The van der Waals surface area contributed by atoms with Crippen molar-refractivity contribution in [3.8, 4) is 0 Å². The van der Waals surface area contributed by atoms with Crippen molar-refractivity contribution in [1.82, 2.24) is 19.6 Å². The number of hydrogen-bond acceptors (Lipinski definition) is 5. The molecule has 0 bridgehead atoms. The SMILES string of the molecule is CCOCCn1nc(C)cc1C(=O)N1CC[C@]2(CN(C)C(=O)O2)C1. The minimum Gasteiger partial charge on any atom is -0.439 e. The van der Waals surface area contributed by atoms with Crippen molar-refractivity contribution in [3.05, 3.63) is 17.5 Å². The van der Waals surface area contributed by atoms with Crippen LogP contribution in [-0.4, -0.2) is 77.1 Å². The molecule has 3 heterocycles.